The number of alkyl halides is 3. The Bertz CT molecular complexity index is 1090. The number of hydrogen-bond acceptors (Lipinski definition) is 6. The third kappa shape index (κ3) is 4.33. The van der Waals surface area contributed by atoms with Crippen molar-refractivity contribution < 1.29 is 22.8 Å². The number of halogens is 3. The fraction of sp³-hybridized carbons (Fsp3) is 0.350. The average Bonchev–Trinajstić information content (AvgIpc) is 3.16. The van der Waals surface area contributed by atoms with E-state index in [0.717, 1.165) is 53.8 Å². The number of aromatic nitrogens is 3. The van der Waals surface area contributed by atoms with Crippen LogP contribution in [-0.2, 0) is 11.0 Å². The van der Waals surface area contributed by atoms with Crippen molar-refractivity contribution in [1.29, 1.82) is 0 Å². The molecular formula is C20H17F3N4O2S. The summed E-state index contributed by atoms with van der Waals surface area (Å²) >= 11 is 1.50. The summed E-state index contributed by atoms with van der Waals surface area (Å²) in [7, 11) is 0. The molecule has 1 N–H and O–H groups in total. The number of thiazole rings is 1. The van der Waals surface area contributed by atoms with Crippen LogP contribution in [0.2, 0.25) is 0 Å². The van der Waals surface area contributed by atoms with Crippen molar-refractivity contribution in [2.45, 2.75) is 37.8 Å². The van der Waals surface area contributed by atoms with Crippen LogP contribution in [0.3, 0.4) is 0 Å². The Morgan fingerprint density at radius 3 is 2.63 bits per heavy atom. The molecule has 0 aromatic carbocycles. The minimum atomic E-state index is -4.63. The maximum Gasteiger partial charge on any atom is 0.433 e. The van der Waals surface area contributed by atoms with E-state index in [1.165, 1.54) is 23.6 Å². The van der Waals surface area contributed by atoms with Gasteiger partial charge in [0, 0.05) is 17.9 Å². The SMILES string of the molecule is O=C[C@H]1CC[C@H](c2nc3cnc(NC(=O)c4cccc(C(F)(F)F)n4)cc3s2)CC1. The van der Waals surface area contributed by atoms with Crippen LogP contribution in [0.15, 0.2) is 30.5 Å². The molecule has 1 saturated carbocycles. The number of nitrogens with one attached hydrogen (secondary N) is 1. The largest absolute Gasteiger partial charge is 0.433 e. The number of anilines is 1. The molecule has 1 amide bonds. The highest BCUT2D eigenvalue weighted by Gasteiger charge is 2.33. The Hall–Kier alpha value is -2.88. The second-order valence-corrected chi connectivity index (χ2v) is 8.26. The second-order valence-electron chi connectivity index (χ2n) is 7.20. The van der Waals surface area contributed by atoms with Gasteiger partial charge in [0.15, 0.2) is 0 Å². The van der Waals surface area contributed by atoms with Gasteiger partial charge >= 0.3 is 6.18 Å². The summed E-state index contributed by atoms with van der Waals surface area (Å²) in [6, 6.07) is 4.81. The summed E-state index contributed by atoms with van der Waals surface area (Å²) < 4.78 is 39.2. The molecule has 3 aromatic heterocycles. The summed E-state index contributed by atoms with van der Waals surface area (Å²) in [4.78, 5) is 35.4. The number of hydrogen-bond donors (Lipinski definition) is 1. The van der Waals surface area contributed by atoms with Crippen molar-refractivity contribution in [2.75, 3.05) is 5.32 Å². The summed E-state index contributed by atoms with van der Waals surface area (Å²) in [5.41, 5.74) is -0.777. The van der Waals surface area contributed by atoms with Gasteiger partial charge in [0.1, 0.15) is 23.5 Å². The van der Waals surface area contributed by atoms with E-state index in [9.17, 15) is 22.8 Å². The quantitative estimate of drug-likeness (QED) is 0.595. The van der Waals surface area contributed by atoms with Crippen molar-refractivity contribution in [1.82, 2.24) is 15.0 Å². The third-order valence-electron chi connectivity index (χ3n) is 5.12. The van der Waals surface area contributed by atoms with E-state index in [1.807, 2.05) is 0 Å². The van der Waals surface area contributed by atoms with E-state index in [1.54, 1.807) is 6.07 Å². The Kier molecular flexibility index (Phi) is 5.50. The molecule has 1 fully saturated rings. The Morgan fingerprint density at radius 2 is 1.93 bits per heavy atom. The van der Waals surface area contributed by atoms with Gasteiger partial charge in [0.25, 0.3) is 5.91 Å². The maximum absolute atomic E-state index is 12.8. The number of carbonyl (C=O) groups is 2. The van der Waals surface area contributed by atoms with Crippen molar-refractivity contribution in [3.63, 3.8) is 0 Å². The number of rotatable bonds is 4. The van der Waals surface area contributed by atoms with Crippen molar-refractivity contribution in [3.05, 3.63) is 46.9 Å². The predicted octanol–water partition coefficient (Wildman–Crippen LogP) is 4.83. The van der Waals surface area contributed by atoms with Crippen LogP contribution in [0.25, 0.3) is 10.2 Å². The fourth-order valence-electron chi connectivity index (χ4n) is 3.49. The molecule has 30 heavy (non-hydrogen) atoms. The summed E-state index contributed by atoms with van der Waals surface area (Å²) in [5, 5.41) is 3.46. The highest BCUT2D eigenvalue weighted by atomic mass is 32.1. The van der Waals surface area contributed by atoms with Gasteiger partial charge in [-0.05, 0) is 37.8 Å². The van der Waals surface area contributed by atoms with Crippen LogP contribution in [0.5, 0.6) is 0 Å². The van der Waals surface area contributed by atoms with Crippen LogP contribution in [-0.4, -0.2) is 27.1 Å². The topological polar surface area (TPSA) is 84.8 Å². The van der Waals surface area contributed by atoms with Gasteiger partial charge in [-0.15, -0.1) is 11.3 Å². The first-order valence-electron chi connectivity index (χ1n) is 9.41. The van der Waals surface area contributed by atoms with Crippen molar-refractivity contribution in [3.8, 4) is 0 Å². The maximum atomic E-state index is 12.8. The fourth-order valence-corrected chi connectivity index (χ4v) is 4.64. The molecule has 0 spiro atoms. The summed E-state index contributed by atoms with van der Waals surface area (Å²) in [6.45, 7) is 0. The first-order valence-corrected chi connectivity index (χ1v) is 10.2. The van der Waals surface area contributed by atoms with Crippen LogP contribution >= 0.6 is 11.3 Å². The molecule has 156 valence electrons. The lowest BCUT2D eigenvalue weighted by Crippen LogP contribution is -2.17. The van der Waals surface area contributed by atoms with E-state index < -0.39 is 17.8 Å². The zero-order valence-electron chi connectivity index (χ0n) is 15.6. The number of amides is 1. The molecule has 0 aliphatic heterocycles. The number of nitrogens with zero attached hydrogens (tertiary/aromatic N) is 3. The van der Waals surface area contributed by atoms with Gasteiger partial charge in [-0.2, -0.15) is 13.2 Å². The Morgan fingerprint density at radius 1 is 1.17 bits per heavy atom. The van der Waals surface area contributed by atoms with Crippen LogP contribution < -0.4 is 5.32 Å². The molecule has 0 unspecified atom stereocenters. The molecule has 1 aliphatic carbocycles. The summed E-state index contributed by atoms with van der Waals surface area (Å²) in [6.07, 6.45) is 1.44. The number of fused-ring (bicyclic) bond motifs is 1. The number of pyridine rings is 2. The zero-order chi connectivity index (χ0) is 21.3. The minimum absolute atomic E-state index is 0.128. The Labute approximate surface area is 173 Å². The van der Waals surface area contributed by atoms with Crippen LogP contribution in [0.4, 0.5) is 19.0 Å². The van der Waals surface area contributed by atoms with Gasteiger partial charge in [-0.1, -0.05) is 6.07 Å². The molecular weight excluding hydrogens is 417 g/mol. The van der Waals surface area contributed by atoms with Gasteiger partial charge < -0.3 is 10.1 Å². The monoisotopic (exact) mass is 434 g/mol. The lowest BCUT2D eigenvalue weighted by molar-refractivity contribution is -0.141. The Balaban J connectivity index is 1.50. The number of aldehydes is 1. The standard InChI is InChI=1S/C20H17F3N4O2S/c21-20(22,23)16-3-1-2-13(25-16)18(29)27-17-8-15-14(9-24-17)26-19(30-15)12-6-4-11(10-28)5-7-12/h1-3,8-12H,4-7H2,(H,24,27,29)/t11-,12-. The van der Waals surface area contributed by atoms with Gasteiger partial charge in [-0.3, -0.25) is 4.79 Å². The van der Waals surface area contributed by atoms with Crippen molar-refractivity contribution in [2.24, 2.45) is 5.92 Å². The van der Waals surface area contributed by atoms with Crippen LogP contribution in [0.1, 0.15) is 52.8 Å². The van der Waals surface area contributed by atoms with E-state index in [2.05, 4.69) is 20.3 Å². The highest BCUT2D eigenvalue weighted by Crippen LogP contribution is 2.38. The molecule has 0 radical (unpaired) electrons. The lowest BCUT2D eigenvalue weighted by atomic mass is 9.83. The zero-order valence-corrected chi connectivity index (χ0v) is 16.5. The normalized spacial score (nSPS) is 19.6. The minimum Gasteiger partial charge on any atom is -0.305 e. The smallest absolute Gasteiger partial charge is 0.305 e. The third-order valence-corrected chi connectivity index (χ3v) is 6.30. The van der Waals surface area contributed by atoms with Gasteiger partial charge in [0.2, 0.25) is 0 Å². The van der Waals surface area contributed by atoms with E-state index >= 15 is 0 Å². The highest BCUT2D eigenvalue weighted by molar-refractivity contribution is 7.18. The molecule has 0 atom stereocenters. The van der Waals surface area contributed by atoms with E-state index in [-0.39, 0.29) is 17.4 Å². The molecule has 0 saturated heterocycles. The molecule has 0 bridgehead atoms. The first-order chi connectivity index (χ1) is 14.3. The first kappa shape index (κ1) is 20.4. The lowest BCUT2D eigenvalue weighted by Gasteiger charge is -2.23. The van der Waals surface area contributed by atoms with Gasteiger partial charge in [-0.25, -0.2) is 15.0 Å². The second kappa shape index (κ2) is 8.10. The number of carbonyl (C=O) groups excluding carboxylic acids is 2. The average molecular weight is 434 g/mol. The van der Waals surface area contributed by atoms with Crippen molar-refractivity contribution >= 4 is 39.6 Å². The molecule has 3 aromatic rings. The molecule has 3 heterocycles. The van der Waals surface area contributed by atoms with E-state index in [4.69, 9.17) is 0 Å². The molecule has 4 rings (SSSR count). The molecule has 1 aliphatic rings. The molecule has 6 nitrogen and oxygen atoms in total. The van der Waals surface area contributed by atoms with E-state index in [0.29, 0.717) is 11.4 Å². The predicted molar refractivity (Wildman–Crippen MR) is 105 cm³/mol. The van der Waals surface area contributed by atoms with Gasteiger partial charge in [0.05, 0.1) is 21.4 Å². The summed E-state index contributed by atoms with van der Waals surface area (Å²) in [5.74, 6) is -0.133. The molecule has 10 heteroatoms. The van der Waals surface area contributed by atoms with Crippen LogP contribution in [0, 0.1) is 5.92 Å².